The van der Waals surface area contributed by atoms with Crippen molar-refractivity contribution in [1.82, 2.24) is 10.3 Å². The zero-order valence-electron chi connectivity index (χ0n) is 10.7. The molecule has 0 aliphatic heterocycles. The zero-order valence-corrected chi connectivity index (χ0v) is 10.7. The van der Waals surface area contributed by atoms with Crippen LogP contribution in [0, 0.1) is 5.82 Å². The molecular weight excluding hydrogens is 255 g/mol. The molecule has 100 valence electrons. The first-order valence-corrected chi connectivity index (χ1v) is 6.33. The maximum atomic E-state index is 13.1. The van der Waals surface area contributed by atoms with Gasteiger partial charge in [0.1, 0.15) is 11.5 Å². The Bertz CT molecular complexity index is 750. The number of hydrogen-bond acceptors (Lipinski definition) is 1. The summed E-state index contributed by atoms with van der Waals surface area (Å²) >= 11 is 0. The van der Waals surface area contributed by atoms with Crippen LogP contribution in [-0.4, -0.2) is 10.9 Å². The van der Waals surface area contributed by atoms with Crippen LogP contribution in [-0.2, 0) is 6.54 Å². The molecule has 0 aliphatic carbocycles. The van der Waals surface area contributed by atoms with E-state index in [9.17, 15) is 9.18 Å². The van der Waals surface area contributed by atoms with Gasteiger partial charge in [0.25, 0.3) is 5.91 Å². The van der Waals surface area contributed by atoms with Gasteiger partial charge in [0.15, 0.2) is 0 Å². The second kappa shape index (κ2) is 5.17. The predicted octanol–water partition coefficient (Wildman–Crippen LogP) is 3.24. The molecule has 0 saturated heterocycles. The van der Waals surface area contributed by atoms with Gasteiger partial charge in [-0.05, 0) is 29.8 Å². The van der Waals surface area contributed by atoms with Gasteiger partial charge in [-0.3, -0.25) is 4.79 Å². The SMILES string of the molecule is O=C(NCc1ccccc1)c1cc2ccc(F)cc2[nH]1. The third-order valence-electron chi connectivity index (χ3n) is 3.13. The van der Waals surface area contributed by atoms with Crippen molar-refractivity contribution in [1.29, 1.82) is 0 Å². The summed E-state index contributed by atoms with van der Waals surface area (Å²) in [7, 11) is 0. The maximum Gasteiger partial charge on any atom is 0.267 e. The molecule has 0 atom stereocenters. The van der Waals surface area contributed by atoms with E-state index in [0.29, 0.717) is 17.8 Å². The minimum absolute atomic E-state index is 0.203. The van der Waals surface area contributed by atoms with Crippen molar-refractivity contribution in [3.05, 3.63) is 71.7 Å². The van der Waals surface area contributed by atoms with Crippen molar-refractivity contribution in [3.8, 4) is 0 Å². The molecule has 3 rings (SSSR count). The van der Waals surface area contributed by atoms with E-state index in [2.05, 4.69) is 10.3 Å². The number of fused-ring (bicyclic) bond motifs is 1. The Morgan fingerprint density at radius 2 is 1.90 bits per heavy atom. The molecule has 4 heteroatoms. The van der Waals surface area contributed by atoms with Gasteiger partial charge in [0.2, 0.25) is 0 Å². The van der Waals surface area contributed by atoms with Gasteiger partial charge in [0, 0.05) is 17.4 Å². The van der Waals surface area contributed by atoms with Crippen LogP contribution in [0.5, 0.6) is 0 Å². The average Bonchev–Trinajstić information content (AvgIpc) is 2.89. The molecule has 0 spiro atoms. The summed E-state index contributed by atoms with van der Waals surface area (Å²) < 4.78 is 13.1. The summed E-state index contributed by atoms with van der Waals surface area (Å²) in [6.07, 6.45) is 0. The minimum Gasteiger partial charge on any atom is -0.350 e. The Hall–Kier alpha value is -2.62. The molecule has 1 aromatic heterocycles. The standard InChI is InChI=1S/C16H13FN2O/c17-13-7-6-12-8-15(19-14(12)9-13)16(20)18-10-11-4-2-1-3-5-11/h1-9,19H,10H2,(H,18,20). The molecule has 0 saturated carbocycles. The van der Waals surface area contributed by atoms with Gasteiger partial charge in [-0.2, -0.15) is 0 Å². The Morgan fingerprint density at radius 1 is 1.10 bits per heavy atom. The Kier molecular flexibility index (Phi) is 3.21. The second-order valence-corrected chi connectivity index (χ2v) is 4.58. The van der Waals surface area contributed by atoms with Gasteiger partial charge in [-0.15, -0.1) is 0 Å². The number of benzene rings is 2. The number of rotatable bonds is 3. The van der Waals surface area contributed by atoms with E-state index in [0.717, 1.165) is 10.9 Å². The summed E-state index contributed by atoms with van der Waals surface area (Å²) in [5.74, 6) is -0.527. The third-order valence-corrected chi connectivity index (χ3v) is 3.13. The van der Waals surface area contributed by atoms with E-state index in [-0.39, 0.29) is 11.7 Å². The molecule has 2 aromatic carbocycles. The fourth-order valence-corrected chi connectivity index (χ4v) is 2.10. The van der Waals surface area contributed by atoms with Gasteiger partial charge >= 0.3 is 0 Å². The molecule has 0 aliphatic rings. The lowest BCUT2D eigenvalue weighted by atomic mass is 10.2. The molecule has 0 fully saturated rings. The summed E-state index contributed by atoms with van der Waals surface area (Å²) in [4.78, 5) is 15.0. The van der Waals surface area contributed by atoms with E-state index in [1.807, 2.05) is 30.3 Å². The summed E-state index contributed by atoms with van der Waals surface area (Å²) in [5, 5.41) is 3.64. The van der Waals surface area contributed by atoms with Crippen LogP contribution in [0.25, 0.3) is 10.9 Å². The van der Waals surface area contributed by atoms with E-state index in [1.165, 1.54) is 12.1 Å². The van der Waals surface area contributed by atoms with Gasteiger partial charge in [-0.1, -0.05) is 30.3 Å². The Balaban J connectivity index is 1.75. The largest absolute Gasteiger partial charge is 0.350 e. The molecule has 3 aromatic rings. The fourth-order valence-electron chi connectivity index (χ4n) is 2.10. The number of amides is 1. The third kappa shape index (κ3) is 2.54. The van der Waals surface area contributed by atoms with Crippen LogP contribution in [0.4, 0.5) is 4.39 Å². The first-order chi connectivity index (χ1) is 9.72. The van der Waals surface area contributed by atoms with Crippen molar-refractivity contribution in [2.24, 2.45) is 0 Å². The molecule has 0 unspecified atom stereocenters. The molecule has 20 heavy (non-hydrogen) atoms. The molecule has 2 N–H and O–H groups in total. The summed E-state index contributed by atoms with van der Waals surface area (Å²) in [5.41, 5.74) is 2.08. The minimum atomic E-state index is -0.324. The number of H-pyrrole nitrogens is 1. The van der Waals surface area contributed by atoms with Gasteiger partial charge < -0.3 is 10.3 Å². The van der Waals surface area contributed by atoms with Crippen LogP contribution in [0.15, 0.2) is 54.6 Å². The highest BCUT2D eigenvalue weighted by molar-refractivity contribution is 5.97. The number of aromatic nitrogens is 1. The molecule has 0 bridgehead atoms. The normalized spacial score (nSPS) is 10.7. The first kappa shape index (κ1) is 12.4. The molecule has 1 heterocycles. The number of carbonyl (C=O) groups is 1. The van der Waals surface area contributed by atoms with E-state index >= 15 is 0 Å². The van der Waals surface area contributed by atoms with E-state index in [4.69, 9.17) is 0 Å². The highest BCUT2D eigenvalue weighted by Crippen LogP contribution is 2.16. The summed E-state index contributed by atoms with van der Waals surface area (Å²) in [6, 6.07) is 15.8. The van der Waals surface area contributed by atoms with Crippen molar-refractivity contribution >= 4 is 16.8 Å². The number of hydrogen-bond donors (Lipinski definition) is 2. The van der Waals surface area contributed by atoms with Crippen LogP contribution in [0.2, 0.25) is 0 Å². The van der Waals surface area contributed by atoms with Crippen molar-refractivity contribution < 1.29 is 9.18 Å². The molecular formula is C16H13FN2O. The quantitative estimate of drug-likeness (QED) is 0.752. The molecule has 1 amide bonds. The smallest absolute Gasteiger partial charge is 0.267 e. The number of halogens is 1. The van der Waals surface area contributed by atoms with Gasteiger partial charge in [-0.25, -0.2) is 4.39 Å². The van der Waals surface area contributed by atoms with Crippen LogP contribution in [0.3, 0.4) is 0 Å². The van der Waals surface area contributed by atoms with Crippen molar-refractivity contribution in [2.45, 2.75) is 6.54 Å². The van der Waals surface area contributed by atoms with Crippen LogP contribution in [0.1, 0.15) is 16.1 Å². The second-order valence-electron chi connectivity index (χ2n) is 4.58. The van der Waals surface area contributed by atoms with Crippen molar-refractivity contribution in [2.75, 3.05) is 0 Å². The number of carbonyl (C=O) groups excluding carboxylic acids is 1. The van der Waals surface area contributed by atoms with Crippen molar-refractivity contribution in [3.63, 3.8) is 0 Å². The highest BCUT2D eigenvalue weighted by atomic mass is 19.1. The predicted molar refractivity (Wildman–Crippen MR) is 75.9 cm³/mol. The zero-order chi connectivity index (χ0) is 13.9. The lowest BCUT2D eigenvalue weighted by Crippen LogP contribution is -2.22. The van der Waals surface area contributed by atoms with Crippen LogP contribution < -0.4 is 5.32 Å². The monoisotopic (exact) mass is 268 g/mol. The summed E-state index contributed by atoms with van der Waals surface area (Å²) in [6.45, 7) is 0.462. The molecule has 0 radical (unpaired) electrons. The van der Waals surface area contributed by atoms with E-state index in [1.54, 1.807) is 12.1 Å². The lowest BCUT2D eigenvalue weighted by molar-refractivity contribution is 0.0947. The topological polar surface area (TPSA) is 44.9 Å². The lowest BCUT2D eigenvalue weighted by Gasteiger charge is -2.03. The highest BCUT2D eigenvalue weighted by Gasteiger charge is 2.09. The number of aromatic amines is 1. The maximum absolute atomic E-state index is 13.1. The van der Waals surface area contributed by atoms with E-state index < -0.39 is 0 Å². The Labute approximate surface area is 115 Å². The number of nitrogens with one attached hydrogen (secondary N) is 2. The fraction of sp³-hybridized carbons (Fsp3) is 0.0625. The van der Waals surface area contributed by atoms with Crippen LogP contribution >= 0.6 is 0 Å². The first-order valence-electron chi connectivity index (χ1n) is 6.33. The average molecular weight is 268 g/mol. The molecule has 3 nitrogen and oxygen atoms in total. The van der Waals surface area contributed by atoms with Gasteiger partial charge in [0.05, 0.1) is 0 Å². The Morgan fingerprint density at radius 3 is 2.70 bits per heavy atom.